The molecule has 6 heteroatoms. The number of carbonyl (C=O) groups excluding carboxylic acids is 2. The number of carbonyl (C=O) groups is 2. The molecule has 1 saturated heterocycles. The van der Waals surface area contributed by atoms with Gasteiger partial charge in [0.2, 0.25) is 0 Å². The number of fused-ring (bicyclic) bond motifs is 4. The van der Waals surface area contributed by atoms with Crippen LogP contribution in [0.1, 0.15) is 42.6 Å². The summed E-state index contributed by atoms with van der Waals surface area (Å²) < 4.78 is 5.31. The van der Waals surface area contributed by atoms with Gasteiger partial charge in [0, 0.05) is 35.1 Å². The van der Waals surface area contributed by atoms with Gasteiger partial charge in [-0.15, -0.1) is 0 Å². The van der Waals surface area contributed by atoms with Crippen LogP contribution in [0.5, 0.6) is 0 Å². The van der Waals surface area contributed by atoms with E-state index in [1.165, 1.54) is 4.90 Å². The molecule has 1 aromatic carbocycles. The standard InChI is InChI=1S/C21H21N3O3/c1-2-3-9-23-20(25)17-11-15-14-6-4-5-7-16(14)22-18(15)19(24(17)21(23)26)13-8-10-27-12-13/h4-8,10,12,17,19,22H,2-3,9,11H2,1H3/t17-,19-/m0/s1. The number of H-pyrrole nitrogens is 1. The summed E-state index contributed by atoms with van der Waals surface area (Å²) in [6.45, 7) is 2.54. The second-order valence-electron chi connectivity index (χ2n) is 7.28. The lowest BCUT2D eigenvalue weighted by Gasteiger charge is -2.35. The fourth-order valence-corrected chi connectivity index (χ4v) is 4.43. The highest BCUT2D eigenvalue weighted by atomic mass is 16.3. The van der Waals surface area contributed by atoms with Crippen LogP contribution in [0.15, 0.2) is 47.3 Å². The van der Waals surface area contributed by atoms with Crippen LogP contribution in [-0.2, 0) is 11.2 Å². The quantitative estimate of drug-likeness (QED) is 0.716. The minimum atomic E-state index is -0.457. The number of imide groups is 1. The van der Waals surface area contributed by atoms with E-state index in [-0.39, 0.29) is 18.0 Å². The first kappa shape index (κ1) is 16.2. The number of hydrogen-bond acceptors (Lipinski definition) is 3. The monoisotopic (exact) mass is 363 g/mol. The Morgan fingerprint density at radius 2 is 2.07 bits per heavy atom. The fraction of sp³-hybridized carbons (Fsp3) is 0.333. The fourth-order valence-electron chi connectivity index (χ4n) is 4.43. The van der Waals surface area contributed by atoms with Crippen molar-refractivity contribution in [3.63, 3.8) is 0 Å². The summed E-state index contributed by atoms with van der Waals surface area (Å²) in [5.74, 6) is -0.0853. The Hall–Kier alpha value is -3.02. The molecule has 3 amide bonds. The summed E-state index contributed by atoms with van der Waals surface area (Å²) in [5, 5.41) is 1.12. The van der Waals surface area contributed by atoms with Gasteiger partial charge in [0.25, 0.3) is 5.91 Å². The number of unbranched alkanes of at least 4 members (excludes halogenated alkanes) is 1. The molecule has 2 aliphatic rings. The van der Waals surface area contributed by atoms with Gasteiger partial charge in [-0.1, -0.05) is 31.5 Å². The van der Waals surface area contributed by atoms with Crippen LogP contribution in [0.25, 0.3) is 10.9 Å². The molecule has 0 saturated carbocycles. The van der Waals surface area contributed by atoms with Crippen molar-refractivity contribution >= 4 is 22.8 Å². The number of nitrogens with zero attached hydrogens (tertiary/aromatic N) is 2. The Balaban J connectivity index is 1.67. The zero-order chi connectivity index (χ0) is 18.5. The van der Waals surface area contributed by atoms with E-state index in [0.717, 1.165) is 40.6 Å². The zero-order valence-electron chi connectivity index (χ0n) is 15.1. The smallest absolute Gasteiger partial charge is 0.328 e. The van der Waals surface area contributed by atoms with Crippen molar-refractivity contribution in [1.82, 2.24) is 14.8 Å². The highest BCUT2D eigenvalue weighted by molar-refractivity contribution is 6.05. The van der Waals surface area contributed by atoms with E-state index < -0.39 is 6.04 Å². The maximum atomic E-state index is 13.2. The molecule has 5 rings (SSSR count). The van der Waals surface area contributed by atoms with E-state index in [2.05, 4.69) is 18.0 Å². The molecule has 3 aromatic rings. The van der Waals surface area contributed by atoms with Crippen molar-refractivity contribution in [2.45, 2.75) is 38.3 Å². The number of nitrogens with one attached hydrogen (secondary N) is 1. The number of aromatic amines is 1. The predicted molar refractivity (Wildman–Crippen MR) is 100 cm³/mol. The first-order chi connectivity index (χ1) is 13.2. The molecule has 27 heavy (non-hydrogen) atoms. The molecule has 4 heterocycles. The third-order valence-corrected chi connectivity index (χ3v) is 5.73. The van der Waals surface area contributed by atoms with Crippen molar-refractivity contribution in [2.24, 2.45) is 0 Å². The largest absolute Gasteiger partial charge is 0.472 e. The van der Waals surface area contributed by atoms with Crippen molar-refractivity contribution < 1.29 is 14.0 Å². The van der Waals surface area contributed by atoms with E-state index in [0.29, 0.717) is 13.0 Å². The van der Waals surface area contributed by atoms with Gasteiger partial charge >= 0.3 is 6.03 Å². The van der Waals surface area contributed by atoms with Gasteiger partial charge < -0.3 is 9.40 Å². The van der Waals surface area contributed by atoms with E-state index in [9.17, 15) is 9.59 Å². The lowest BCUT2D eigenvalue weighted by Crippen LogP contribution is -2.44. The molecule has 2 atom stereocenters. The molecule has 6 nitrogen and oxygen atoms in total. The average Bonchev–Trinajstić information content (AvgIpc) is 3.38. The van der Waals surface area contributed by atoms with Crippen molar-refractivity contribution in [2.75, 3.05) is 6.54 Å². The minimum absolute atomic E-state index is 0.0853. The van der Waals surface area contributed by atoms with Gasteiger partial charge in [-0.2, -0.15) is 0 Å². The molecule has 0 unspecified atom stereocenters. The summed E-state index contributed by atoms with van der Waals surface area (Å²) in [7, 11) is 0. The van der Waals surface area contributed by atoms with E-state index in [1.807, 2.05) is 24.3 Å². The van der Waals surface area contributed by atoms with Gasteiger partial charge in [0.15, 0.2) is 0 Å². The van der Waals surface area contributed by atoms with Gasteiger partial charge in [0.1, 0.15) is 12.1 Å². The lowest BCUT2D eigenvalue weighted by atomic mass is 9.90. The van der Waals surface area contributed by atoms with Crippen LogP contribution in [0.3, 0.4) is 0 Å². The highest BCUT2D eigenvalue weighted by Gasteiger charge is 2.52. The summed E-state index contributed by atoms with van der Waals surface area (Å²) in [6.07, 6.45) is 5.58. The zero-order valence-corrected chi connectivity index (χ0v) is 15.1. The number of urea groups is 1. The number of furan rings is 1. The molecule has 1 fully saturated rings. The number of benzene rings is 1. The Morgan fingerprint density at radius 3 is 2.85 bits per heavy atom. The van der Waals surface area contributed by atoms with Crippen LogP contribution < -0.4 is 0 Å². The Labute approximate surface area is 156 Å². The van der Waals surface area contributed by atoms with Gasteiger partial charge in [-0.3, -0.25) is 14.6 Å². The summed E-state index contributed by atoms with van der Waals surface area (Å²) in [5.41, 5.74) is 4.01. The second kappa shape index (κ2) is 6.01. The van der Waals surface area contributed by atoms with Crippen LogP contribution >= 0.6 is 0 Å². The normalized spacial score (nSPS) is 21.8. The second-order valence-corrected chi connectivity index (χ2v) is 7.28. The Morgan fingerprint density at radius 1 is 1.22 bits per heavy atom. The molecule has 138 valence electrons. The maximum Gasteiger partial charge on any atom is 0.328 e. The number of aromatic nitrogens is 1. The molecule has 0 bridgehead atoms. The summed E-state index contributed by atoms with van der Waals surface area (Å²) in [4.78, 5) is 32.9. The van der Waals surface area contributed by atoms with Crippen LogP contribution in [-0.4, -0.2) is 39.3 Å². The van der Waals surface area contributed by atoms with Gasteiger partial charge in [-0.05, 0) is 24.1 Å². The lowest BCUT2D eigenvalue weighted by molar-refractivity contribution is -0.128. The third kappa shape index (κ3) is 2.25. The average molecular weight is 363 g/mol. The first-order valence-electron chi connectivity index (χ1n) is 9.46. The van der Waals surface area contributed by atoms with Gasteiger partial charge in [0.05, 0.1) is 12.5 Å². The van der Waals surface area contributed by atoms with Crippen molar-refractivity contribution in [1.29, 1.82) is 0 Å². The molecule has 2 aromatic heterocycles. The number of hydrogen-bond donors (Lipinski definition) is 1. The predicted octanol–water partition coefficient (Wildman–Crippen LogP) is 3.84. The third-order valence-electron chi connectivity index (χ3n) is 5.73. The van der Waals surface area contributed by atoms with E-state index >= 15 is 0 Å². The molecular formula is C21H21N3O3. The molecule has 0 aliphatic carbocycles. The molecule has 0 spiro atoms. The van der Waals surface area contributed by atoms with Crippen molar-refractivity contribution in [3.8, 4) is 0 Å². The number of amides is 3. The topological polar surface area (TPSA) is 69.6 Å². The SMILES string of the molecule is CCCCN1C(=O)[C@@H]2Cc3c([nH]c4ccccc34)[C@H](c3ccoc3)N2C1=O. The van der Waals surface area contributed by atoms with Crippen molar-refractivity contribution in [3.05, 3.63) is 59.7 Å². The van der Waals surface area contributed by atoms with Crippen LogP contribution in [0, 0.1) is 0 Å². The highest BCUT2D eigenvalue weighted by Crippen LogP contribution is 2.44. The van der Waals surface area contributed by atoms with E-state index in [1.54, 1.807) is 17.4 Å². The Bertz CT molecular complexity index is 1020. The maximum absolute atomic E-state index is 13.2. The van der Waals surface area contributed by atoms with Gasteiger partial charge in [-0.25, -0.2) is 4.79 Å². The molecule has 0 radical (unpaired) electrons. The van der Waals surface area contributed by atoms with Crippen LogP contribution in [0.4, 0.5) is 4.79 Å². The number of rotatable bonds is 4. The van der Waals surface area contributed by atoms with E-state index in [4.69, 9.17) is 4.42 Å². The number of para-hydroxylation sites is 1. The molecular weight excluding hydrogens is 342 g/mol. The summed E-state index contributed by atoms with van der Waals surface area (Å²) >= 11 is 0. The molecule has 2 aliphatic heterocycles. The Kier molecular flexibility index (Phi) is 3.60. The first-order valence-corrected chi connectivity index (χ1v) is 9.46. The van der Waals surface area contributed by atoms with Crippen LogP contribution in [0.2, 0.25) is 0 Å². The minimum Gasteiger partial charge on any atom is -0.472 e. The summed E-state index contributed by atoms with van der Waals surface area (Å²) in [6, 6.07) is 8.97. The molecule has 1 N–H and O–H groups in total.